The molecule has 8 heteroatoms. The smallest absolute Gasteiger partial charge is 0.410 e. The summed E-state index contributed by atoms with van der Waals surface area (Å²) in [6.45, 7) is 15.7. The first-order valence-corrected chi connectivity index (χ1v) is 14.9. The van der Waals surface area contributed by atoms with Gasteiger partial charge in [0.25, 0.3) is 0 Å². The van der Waals surface area contributed by atoms with Gasteiger partial charge in [0.15, 0.2) is 0 Å². The van der Waals surface area contributed by atoms with E-state index in [0.717, 1.165) is 51.9 Å². The van der Waals surface area contributed by atoms with Crippen LogP contribution in [0.3, 0.4) is 0 Å². The third-order valence-corrected chi connectivity index (χ3v) is 6.63. The molecular formula is C33H52N2O6. The number of benzene rings is 1. The second-order valence-electron chi connectivity index (χ2n) is 12.6. The molecule has 41 heavy (non-hydrogen) atoms. The summed E-state index contributed by atoms with van der Waals surface area (Å²) in [5, 5.41) is 8.69. The number of nitrogens with zero attached hydrogens (tertiary/aromatic N) is 2. The molecule has 0 saturated carbocycles. The summed E-state index contributed by atoms with van der Waals surface area (Å²) >= 11 is 0. The number of amides is 2. The highest BCUT2D eigenvalue weighted by Crippen LogP contribution is 2.22. The topological polar surface area (TPSA) is 88.5 Å². The van der Waals surface area contributed by atoms with Crippen molar-refractivity contribution >= 4 is 12.2 Å². The third-order valence-electron chi connectivity index (χ3n) is 6.63. The van der Waals surface area contributed by atoms with E-state index in [1.54, 1.807) is 11.0 Å². The van der Waals surface area contributed by atoms with Gasteiger partial charge in [-0.3, -0.25) is 0 Å². The molecule has 2 aliphatic rings. The number of aliphatic hydroxyl groups is 1. The Morgan fingerprint density at radius 3 is 1.63 bits per heavy atom. The molecule has 8 nitrogen and oxygen atoms in total. The molecule has 2 fully saturated rings. The first-order valence-electron chi connectivity index (χ1n) is 14.9. The molecule has 230 valence electrons. The molecule has 1 N–H and O–H groups in total. The largest absolute Gasteiger partial charge is 0.444 e. The SMILES string of the molecule is CC(C)(C)OC(=O)N1CCC(/C=C/CO)CC1.CC(C)(C)OC(=O)N1CCC(/C=C/COCc2ccccc2)CC1. The van der Waals surface area contributed by atoms with Crippen molar-refractivity contribution in [2.24, 2.45) is 11.8 Å². The van der Waals surface area contributed by atoms with Crippen LogP contribution in [0.5, 0.6) is 0 Å². The number of ether oxygens (including phenoxy) is 3. The molecular weight excluding hydrogens is 520 g/mol. The van der Waals surface area contributed by atoms with Gasteiger partial charge >= 0.3 is 12.2 Å². The molecule has 1 aromatic carbocycles. The van der Waals surface area contributed by atoms with Crippen LogP contribution in [0, 0.1) is 11.8 Å². The van der Waals surface area contributed by atoms with Crippen LogP contribution in [-0.4, -0.2) is 77.7 Å². The van der Waals surface area contributed by atoms with E-state index in [1.807, 2.05) is 70.7 Å². The Labute approximate surface area is 247 Å². The average Bonchev–Trinajstić information content (AvgIpc) is 2.91. The van der Waals surface area contributed by atoms with Gasteiger partial charge in [-0.05, 0) is 84.6 Å². The molecule has 1 aromatic rings. The predicted molar refractivity (Wildman–Crippen MR) is 163 cm³/mol. The van der Waals surface area contributed by atoms with E-state index in [0.29, 0.717) is 25.0 Å². The quantitative estimate of drug-likeness (QED) is 0.293. The third kappa shape index (κ3) is 15.1. The summed E-state index contributed by atoms with van der Waals surface area (Å²) in [5.41, 5.74) is 0.339. The molecule has 0 bridgehead atoms. The van der Waals surface area contributed by atoms with Crippen LogP contribution >= 0.6 is 0 Å². The van der Waals surface area contributed by atoms with Crippen molar-refractivity contribution in [1.29, 1.82) is 0 Å². The lowest BCUT2D eigenvalue weighted by Crippen LogP contribution is -2.41. The van der Waals surface area contributed by atoms with Crippen molar-refractivity contribution in [1.82, 2.24) is 9.80 Å². The Morgan fingerprint density at radius 2 is 1.22 bits per heavy atom. The summed E-state index contributed by atoms with van der Waals surface area (Å²) in [7, 11) is 0. The minimum atomic E-state index is -0.427. The number of allylic oxidation sites excluding steroid dienone is 2. The van der Waals surface area contributed by atoms with Gasteiger partial charge in [0.1, 0.15) is 11.2 Å². The highest BCUT2D eigenvalue weighted by atomic mass is 16.6. The molecule has 0 atom stereocenters. The van der Waals surface area contributed by atoms with Crippen LogP contribution in [0.2, 0.25) is 0 Å². The van der Waals surface area contributed by atoms with Crippen LogP contribution in [0.25, 0.3) is 0 Å². The van der Waals surface area contributed by atoms with E-state index in [9.17, 15) is 9.59 Å². The average molecular weight is 573 g/mol. The van der Waals surface area contributed by atoms with Crippen LogP contribution in [0.1, 0.15) is 72.8 Å². The van der Waals surface area contributed by atoms with Gasteiger partial charge in [0, 0.05) is 26.2 Å². The maximum atomic E-state index is 12.0. The molecule has 0 spiro atoms. The Kier molecular flexibility index (Phi) is 14.4. The van der Waals surface area contributed by atoms with Crippen molar-refractivity contribution in [2.75, 3.05) is 39.4 Å². The lowest BCUT2D eigenvalue weighted by atomic mass is 9.97. The first kappa shape index (κ1) is 34.4. The molecule has 3 rings (SSSR count). The van der Waals surface area contributed by atoms with Crippen molar-refractivity contribution in [3.05, 3.63) is 60.2 Å². The number of likely N-dealkylation sites (tertiary alicyclic amines) is 2. The van der Waals surface area contributed by atoms with E-state index in [-0.39, 0.29) is 18.8 Å². The summed E-state index contributed by atoms with van der Waals surface area (Å²) in [4.78, 5) is 27.4. The van der Waals surface area contributed by atoms with Crippen LogP contribution in [-0.2, 0) is 20.8 Å². The lowest BCUT2D eigenvalue weighted by molar-refractivity contribution is 0.0187. The zero-order valence-electron chi connectivity index (χ0n) is 26.0. The molecule has 2 aliphatic heterocycles. The Morgan fingerprint density at radius 1 is 0.780 bits per heavy atom. The number of hydrogen-bond donors (Lipinski definition) is 1. The Balaban J connectivity index is 0.000000305. The highest BCUT2D eigenvalue weighted by molar-refractivity contribution is 5.68. The maximum absolute atomic E-state index is 12.0. The van der Waals surface area contributed by atoms with Gasteiger partial charge in [-0.2, -0.15) is 0 Å². The minimum absolute atomic E-state index is 0.0896. The molecule has 0 unspecified atom stereocenters. The highest BCUT2D eigenvalue weighted by Gasteiger charge is 2.27. The minimum Gasteiger partial charge on any atom is -0.444 e. The van der Waals surface area contributed by atoms with Crippen molar-refractivity contribution in [3.63, 3.8) is 0 Å². The molecule has 0 aliphatic carbocycles. The molecule has 2 heterocycles. The fraction of sp³-hybridized carbons (Fsp3) is 0.636. The van der Waals surface area contributed by atoms with Gasteiger partial charge < -0.3 is 29.1 Å². The monoisotopic (exact) mass is 572 g/mol. The Bertz CT molecular complexity index is 948. The molecule has 2 amide bonds. The zero-order chi connectivity index (χ0) is 30.3. The van der Waals surface area contributed by atoms with E-state index in [2.05, 4.69) is 24.3 Å². The molecule has 2 saturated heterocycles. The number of rotatable bonds is 7. The number of hydrogen-bond acceptors (Lipinski definition) is 6. The second-order valence-corrected chi connectivity index (χ2v) is 12.6. The first-order chi connectivity index (χ1) is 19.4. The van der Waals surface area contributed by atoms with E-state index >= 15 is 0 Å². The van der Waals surface area contributed by atoms with E-state index in [4.69, 9.17) is 19.3 Å². The van der Waals surface area contributed by atoms with E-state index in [1.165, 1.54) is 5.56 Å². The second kappa shape index (κ2) is 17.2. The fourth-order valence-corrected chi connectivity index (χ4v) is 4.52. The van der Waals surface area contributed by atoms with Crippen LogP contribution in [0.4, 0.5) is 9.59 Å². The lowest BCUT2D eigenvalue weighted by Gasteiger charge is -2.32. The standard InChI is InChI=1S/C20H29NO3.C13H23NO3/c1-20(2,3)24-19(22)21-13-11-17(12-14-21)10-7-15-23-16-18-8-5-4-6-9-18;1-13(2,3)17-12(16)14-8-6-11(7-9-14)5-4-10-15/h4-10,17H,11-16H2,1-3H3;4-5,11,15H,6-10H2,1-3H3/b10-7+;5-4+. The van der Waals surface area contributed by atoms with Gasteiger partial charge in [-0.25, -0.2) is 9.59 Å². The van der Waals surface area contributed by atoms with Crippen molar-refractivity contribution in [2.45, 2.75) is 85.0 Å². The van der Waals surface area contributed by atoms with Gasteiger partial charge in [-0.1, -0.05) is 54.6 Å². The fourth-order valence-electron chi connectivity index (χ4n) is 4.52. The summed E-state index contributed by atoms with van der Waals surface area (Å²) in [6.07, 6.45) is 11.5. The van der Waals surface area contributed by atoms with Crippen LogP contribution in [0.15, 0.2) is 54.6 Å². The van der Waals surface area contributed by atoms with Crippen molar-refractivity contribution < 1.29 is 28.9 Å². The predicted octanol–water partition coefficient (Wildman–Crippen LogP) is 6.59. The summed E-state index contributed by atoms with van der Waals surface area (Å²) in [6, 6.07) is 10.2. The summed E-state index contributed by atoms with van der Waals surface area (Å²) < 4.78 is 16.4. The van der Waals surface area contributed by atoms with E-state index < -0.39 is 11.2 Å². The zero-order valence-corrected chi connectivity index (χ0v) is 26.0. The van der Waals surface area contributed by atoms with Crippen molar-refractivity contribution in [3.8, 4) is 0 Å². The number of carbonyl (C=O) groups is 2. The van der Waals surface area contributed by atoms with Gasteiger partial charge in [-0.15, -0.1) is 0 Å². The summed E-state index contributed by atoms with van der Waals surface area (Å²) in [5.74, 6) is 0.991. The molecule has 0 radical (unpaired) electrons. The van der Waals surface area contributed by atoms with Gasteiger partial charge in [0.05, 0.1) is 19.8 Å². The molecule has 0 aromatic heterocycles. The number of carbonyl (C=O) groups excluding carboxylic acids is 2. The van der Waals surface area contributed by atoms with Crippen LogP contribution < -0.4 is 0 Å². The van der Waals surface area contributed by atoms with Gasteiger partial charge in [0.2, 0.25) is 0 Å². The normalized spacial score (nSPS) is 17.4. The number of piperidine rings is 2. The Hall–Kier alpha value is -2.84. The maximum Gasteiger partial charge on any atom is 0.410 e. The number of aliphatic hydroxyl groups excluding tert-OH is 1.